The van der Waals surface area contributed by atoms with Crippen LogP contribution in [0.3, 0.4) is 0 Å². The Hall–Kier alpha value is -0.990. The van der Waals surface area contributed by atoms with Gasteiger partial charge < -0.3 is 26.4 Å². The Morgan fingerprint density at radius 3 is 2.55 bits per heavy atom. The molecular weight excluding hydrogens is 302 g/mol. The number of aliphatic imine (C=N–C) groups is 1. The number of nitrogens with one attached hydrogen (secondary N) is 3. The minimum absolute atomic E-state index is 0.103. The Balaban J connectivity index is 3.54. The van der Waals surface area contributed by atoms with E-state index in [0.717, 1.165) is 44.1 Å². The summed E-state index contributed by atoms with van der Waals surface area (Å²) in [4.78, 5) is 15.8. The first-order valence-electron chi connectivity index (χ1n) is 7.76. The van der Waals surface area contributed by atoms with Crippen LogP contribution in [0.25, 0.3) is 0 Å². The zero-order valence-electron chi connectivity index (χ0n) is 13.7. The molecule has 0 saturated heterocycles. The van der Waals surface area contributed by atoms with Crippen molar-refractivity contribution in [3.8, 4) is 0 Å². The molecule has 8 heteroatoms. The third-order valence-corrected chi connectivity index (χ3v) is 3.31. The summed E-state index contributed by atoms with van der Waals surface area (Å²) in [5.74, 6) is 1.46. The average Bonchev–Trinajstić information content (AvgIpc) is 2.53. The van der Waals surface area contributed by atoms with Crippen LogP contribution in [0.15, 0.2) is 4.99 Å². The summed E-state index contributed by atoms with van der Waals surface area (Å²) in [6, 6.07) is -0.469. The molecule has 0 aliphatic carbocycles. The van der Waals surface area contributed by atoms with Crippen molar-refractivity contribution >= 4 is 24.5 Å². The Labute approximate surface area is 139 Å². The minimum Gasteiger partial charge on any atom is -0.381 e. The van der Waals surface area contributed by atoms with Crippen LogP contribution in [-0.4, -0.2) is 64.1 Å². The Kier molecular flexibility index (Phi) is 14.3. The Morgan fingerprint density at radius 2 is 1.91 bits per heavy atom. The van der Waals surface area contributed by atoms with Crippen LogP contribution in [0.1, 0.15) is 25.7 Å². The van der Waals surface area contributed by atoms with Crippen LogP contribution in [0.4, 0.5) is 0 Å². The number of amides is 1. The van der Waals surface area contributed by atoms with Gasteiger partial charge >= 0.3 is 0 Å². The lowest BCUT2D eigenvalue weighted by Gasteiger charge is -2.13. The summed E-state index contributed by atoms with van der Waals surface area (Å²) in [6.45, 7) is 2.70. The molecule has 0 radical (unpaired) electrons. The highest BCUT2D eigenvalue weighted by Gasteiger charge is 2.12. The molecule has 0 fully saturated rings. The van der Waals surface area contributed by atoms with Crippen LogP contribution in [0, 0.1) is 0 Å². The molecule has 0 aromatic rings. The maximum Gasteiger partial charge on any atom is 0.236 e. The molecule has 0 aliphatic heterocycles. The van der Waals surface area contributed by atoms with Crippen molar-refractivity contribution in [3.05, 3.63) is 0 Å². The molecular formula is C14H31N5O2S. The second-order valence-electron chi connectivity index (χ2n) is 4.83. The maximum absolute atomic E-state index is 11.8. The lowest BCUT2D eigenvalue weighted by Crippen LogP contribution is -2.42. The fraction of sp³-hybridized carbons (Fsp3) is 0.857. The molecule has 1 amide bonds. The number of rotatable bonds is 12. The van der Waals surface area contributed by atoms with Gasteiger partial charge in [0.25, 0.3) is 0 Å². The number of nitrogens with zero attached hydrogens (tertiary/aromatic N) is 1. The van der Waals surface area contributed by atoms with Gasteiger partial charge in [0.15, 0.2) is 5.96 Å². The van der Waals surface area contributed by atoms with Crippen molar-refractivity contribution < 1.29 is 9.53 Å². The zero-order valence-corrected chi connectivity index (χ0v) is 14.6. The van der Waals surface area contributed by atoms with E-state index < -0.39 is 6.04 Å². The highest BCUT2D eigenvalue weighted by molar-refractivity contribution is 7.80. The van der Waals surface area contributed by atoms with Crippen LogP contribution in [-0.2, 0) is 9.53 Å². The van der Waals surface area contributed by atoms with E-state index in [2.05, 4.69) is 33.6 Å². The third kappa shape index (κ3) is 11.6. The van der Waals surface area contributed by atoms with Gasteiger partial charge in [-0.1, -0.05) is 0 Å². The lowest BCUT2D eigenvalue weighted by molar-refractivity contribution is -0.122. The van der Waals surface area contributed by atoms with E-state index in [1.54, 1.807) is 14.1 Å². The van der Waals surface area contributed by atoms with Gasteiger partial charge in [-0.2, -0.15) is 12.6 Å². The maximum atomic E-state index is 11.8. The number of carbonyl (C=O) groups is 1. The molecule has 1 atom stereocenters. The molecule has 0 aromatic carbocycles. The first kappa shape index (κ1) is 21.0. The standard InChI is InChI=1S/C14H31N5O2S/c1-16-14(17-2)19-7-3-6-12(15)13(20)18-8-4-9-21-10-5-11-22/h12,22H,3-11,15H2,1-2H3,(H,18,20)(H2,16,17,19). The molecule has 0 spiro atoms. The number of hydrogen-bond acceptors (Lipinski definition) is 5. The predicted molar refractivity (Wildman–Crippen MR) is 94.5 cm³/mol. The summed E-state index contributed by atoms with van der Waals surface area (Å²) >= 11 is 4.11. The number of guanidine groups is 1. The lowest BCUT2D eigenvalue weighted by atomic mass is 10.1. The van der Waals surface area contributed by atoms with Crippen LogP contribution in [0.5, 0.6) is 0 Å². The summed E-state index contributed by atoms with van der Waals surface area (Å²) in [6.07, 6.45) is 3.19. The van der Waals surface area contributed by atoms with Crippen molar-refractivity contribution in [2.24, 2.45) is 10.7 Å². The molecule has 0 aliphatic rings. The van der Waals surface area contributed by atoms with E-state index in [1.165, 1.54) is 0 Å². The SMILES string of the molecule is CN=C(NC)NCCCC(N)C(=O)NCCCOCCCS. The van der Waals surface area contributed by atoms with Gasteiger partial charge in [-0.05, 0) is 31.4 Å². The summed E-state index contributed by atoms with van der Waals surface area (Å²) in [5, 5.41) is 8.88. The van der Waals surface area contributed by atoms with Crippen LogP contribution in [0.2, 0.25) is 0 Å². The van der Waals surface area contributed by atoms with Gasteiger partial charge in [0.1, 0.15) is 0 Å². The number of thiol groups is 1. The topological polar surface area (TPSA) is 101 Å². The first-order valence-corrected chi connectivity index (χ1v) is 8.39. The predicted octanol–water partition coefficient (Wildman–Crippen LogP) is -0.268. The fourth-order valence-electron chi connectivity index (χ4n) is 1.72. The summed E-state index contributed by atoms with van der Waals surface area (Å²) in [7, 11) is 3.51. The van der Waals surface area contributed by atoms with Crippen molar-refractivity contribution in [1.82, 2.24) is 16.0 Å². The van der Waals surface area contributed by atoms with Gasteiger partial charge in [-0.15, -0.1) is 0 Å². The van der Waals surface area contributed by atoms with Crippen molar-refractivity contribution in [2.45, 2.75) is 31.7 Å². The molecule has 0 heterocycles. The Morgan fingerprint density at radius 1 is 1.23 bits per heavy atom. The van der Waals surface area contributed by atoms with Gasteiger partial charge in [0.2, 0.25) is 5.91 Å². The van der Waals surface area contributed by atoms with Crippen LogP contribution >= 0.6 is 12.6 Å². The molecule has 0 rings (SSSR count). The highest BCUT2D eigenvalue weighted by Crippen LogP contribution is 1.94. The first-order chi connectivity index (χ1) is 10.7. The van der Waals surface area contributed by atoms with Crippen molar-refractivity contribution in [2.75, 3.05) is 46.2 Å². The fourth-order valence-corrected chi connectivity index (χ4v) is 1.85. The molecule has 0 saturated carbocycles. The molecule has 130 valence electrons. The molecule has 7 nitrogen and oxygen atoms in total. The van der Waals surface area contributed by atoms with E-state index in [0.29, 0.717) is 19.6 Å². The molecule has 0 bridgehead atoms. The van der Waals surface area contributed by atoms with Gasteiger partial charge in [-0.25, -0.2) is 0 Å². The summed E-state index contributed by atoms with van der Waals surface area (Å²) < 4.78 is 5.38. The van der Waals surface area contributed by atoms with E-state index >= 15 is 0 Å². The molecule has 1 unspecified atom stereocenters. The number of nitrogens with two attached hydrogens (primary N) is 1. The molecule has 5 N–H and O–H groups in total. The van der Waals surface area contributed by atoms with E-state index in [9.17, 15) is 4.79 Å². The van der Waals surface area contributed by atoms with E-state index in [-0.39, 0.29) is 5.91 Å². The van der Waals surface area contributed by atoms with Crippen molar-refractivity contribution in [3.63, 3.8) is 0 Å². The Bertz CT molecular complexity index is 316. The van der Waals surface area contributed by atoms with Gasteiger partial charge in [-0.3, -0.25) is 9.79 Å². The largest absolute Gasteiger partial charge is 0.381 e. The van der Waals surface area contributed by atoms with E-state index in [4.69, 9.17) is 10.5 Å². The molecule has 22 heavy (non-hydrogen) atoms. The van der Waals surface area contributed by atoms with Gasteiger partial charge in [0, 0.05) is 40.4 Å². The average molecular weight is 334 g/mol. The second kappa shape index (κ2) is 14.9. The minimum atomic E-state index is -0.469. The number of carbonyl (C=O) groups excluding carboxylic acids is 1. The second-order valence-corrected chi connectivity index (χ2v) is 5.28. The number of hydrogen-bond donors (Lipinski definition) is 5. The number of ether oxygens (including phenoxy) is 1. The van der Waals surface area contributed by atoms with Crippen LogP contribution < -0.4 is 21.7 Å². The van der Waals surface area contributed by atoms with Gasteiger partial charge in [0.05, 0.1) is 6.04 Å². The van der Waals surface area contributed by atoms with Crippen molar-refractivity contribution in [1.29, 1.82) is 0 Å². The summed E-state index contributed by atoms with van der Waals surface area (Å²) in [5.41, 5.74) is 5.85. The monoisotopic (exact) mass is 333 g/mol. The molecule has 0 aromatic heterocycles. The quantitative estimate of drug-likeness (QED) is 0.146. The highest BCUT2D eigenvalue weighted by atomic mass is 32.1. The normalized spacial score (nSPS) is 12.8. The smallest absolute Gasteiger partial charge is 0.236 e. The van der Waals surface area contributed by atoms with E-state index in [1.807, 2.05) is 0 Å². The zero-order chi connectivity index (χ0) is 16.6. The third-order valence-electron chi connectivity index (χ3n) is 2.99.